The predicted octanol–water partition coefficient (Wildman–Crippen LogP) is 0.924. The second-order valence-corrected chi connectivity index (χ2v) is 4.87. The number of rotatable bonds is 2. The zero-order valence-electron chi connectivity index (χ0n) is 8.02. The van der Waals surface area contributed by atoms with Gasteiger partial charge < -0.3 is 10.5 Å². The first-order valence-electron chi connectivity index (χ1n) is 4.23. The molecule has 0 aromatic heterocycles. The van der Waals surface area contributed by atoms with Crippen molar-refractivity contribution >= 4 is 5.91 Å². The smallest absolute Gasteiger partial charge is 0.228 e. The third-order valence-corrected chi connectivity index (χ3v) is 2.15. The molecule has 70 valence electrons. The fraction of sp³-hybridized carbons (Fsp3) is 0.889. The Labute approximate surface area is 73.3 Å². The van der Waals surface area contributed by atoms with E-state index in [4.69, 9.17) is 10.5 Å². The number of hydrogen-bond acceptors (Lipinski definition) is 2. The summed E-state index contributed by atoms with van der Waals surface area (Å²) in [4.78, 5) is 11.1. The normalized spacial score (nSPS) is 21.6. The Kier molecular flexibility index (Phi) is 2.17. The molecular formula is C9H17NO2. The highest BCUT2D eigenvalue weighted by atomic mass is 16.5. The molecule has 0 bridgehead atoms. The van der Waals surface area contributed by atoms with Crippen molar-refractivity contribution < 1.29 is 9.53 Å². The molecule has 1 aliphatic rings. The van der Waals surface area contributed by atoms with Crippen molar-refractivity contribution in [1.29, 1.82) is 0 Å². The van der Waals surface area contributed by atoms with Gasteiger partial charge in [-0.1, -0.05) is 20.8 Å². The Morgan fingerprint density at radius 1 is 1.50 bits per heavy atom. The van der Waals surface area contributed by atoms with Crippen LogP contribution in [0.2, 0.25) is 0 Å². The van der Waals surface area contributed by atoms with Crippen LogP contribution in [-0.2, 0) is 9.53 Å². The number of nitrogens with two attached hydrogens (primary N) is 1. The zero-order valence-corrected chi connectivity index (χ0v) is 8.02. The molecule has 0 radical (unpaired) electrons. The molecule has 0 atom stereocenters. The Balaban J connectivity index is 2.63. The van der Waals surface area contributed by atoms with Gasteiger partial charge in [-0.05, 0) is 11.8 Å². The van der Waals surface area contributed by atoms with E-state index >= 15 is 0 Å². The lowest BCUT2D eigenvalue weighted by molar-refractivity contribution is -0.164. The molecule has 0 spiro atoms. The molecule has 0 aromatic rings. The summed E-state index contributed by atoms with van der Waals surface area (Å²) in [5.74, 6) is -0.219. The monoisotopic (exact) mass is 171 g/mol. The summed E-state index contributed by atoms with van der Waals surface area (Å²) in [6.45, 7) is 7.32. The van der Waals surface area contributed by atoms with Gasteiger partial charge in [0.25, 0.3) is 0 Å². The van der Waals surface area contributed by atoms with Gasteiger partial charge in [0.1, 0.15) is 0 Å². The average molecular weight is 171 g/mol. The van der Waals surface area contributed by atoms with E-state index in [0.29, 0.717) is 13.2 Å². The quantitative estimate of drug-likeness (QED) is 0.671. The van der Waals surface area contributed by atoms with Gasteiger partial charge in [0.15, 0.2) is 0 Å². The molecule has 1 saturated heterocycles. The standard InChI is InChI=1S/C9H17NO2/c1-8(2,3)4-9(7(10)11)5-12-6-9/h4-6H2,1-3H3,(H2,10,11). The van der Waals surface area contributed by atoms with Crippen LogP contribution in [0.5, 0.6) is 0 Å². The fourth-order valence-electron chi connectivity index (χ4n) is 1.70. The fourth-order valence-corrected chi connectivity index (χ4v) is 1.70. The highest BCUT2D eigenvalue weighted by Gasteiger charge is 2.46. The number of hydrogen-bond donors (Lipinski definition) is 1. The van der Waals surface area contributed by atoms with E-state index in [0.717, 1.165) is 6.42 Å². The predicted molar refractivity (Wildman–Crippen MR) is 46.5 cm³/mol. The molecule has 1 rings (SSSR count). The van der Waals surface area contributed by atoms with Gasteiger partial charge in [-0.15, -0.1) is 0 Å². The maximum atomic E-state index is 11.1. The van der Waals surface area contributed by atoms with Gasteiger partial charge in [0.05, 0.1) is 18.6 Å². The molecule has 1 heterocycles. The van der Waals surface area contributed by atoms with E-state index in [2.05, 4.69) is 20.8 Å². The lowest BCUT2D eigenvalue weighted by atomic mass is 9.72. The van der Waals surface area contributed by atoms with Gasteiger partial charge in [0.2, 0.25) is 5.91 Å². The van der Waals surface area contributed by atoms with Gasteiger partial charge in [-0.2, -0.15) is 0 Å². The summed E-state index contributed by atoms with van der Waals surface area (Å²) >= 11 is 0. The average Bonchev–Trinajstić information content (AvgIpc) is 1.75. The lowest BCUT2D eigenvalue weighted by Gasteiger charge is -2.42. The molecular weight excluding hydrogens is 154 g/mol. The minimum atomic E-state index is -0.377. The van der Waals surface area contributed by atoms with Crippen LogP contribution in [-0.4, -0.2) is 19.1 Å². The molecule has 0 saturated carbocycles. The van der Waals surface area contributed by atoms with E-state index in [1.807, 2.05) is 0 Å². The van der Waals surface area contributed by atoms with E-state index in [1.165, 1.54) is 0 Å². The molecule has 12 heavy (non-hydrogen) atoms. The van der Waals surface area contributed by atoms with E-state index in [1.54, 1.807) is 0 Å². The summed E-state index contributed by atoms with van der Waals surface area (Å²) in [5.41, 5.74) is 5.08. The van der Waals surface area contributed by atoms with Crippen molar-refractivity contribution in [2.24, 2.45) is 16.6 Å². The second-order valence-electron chi connectivity index (χ2n) is 4.87. The molecule has 1 fully saturated rings. The minimum absolute atomic E-state index is 0.138. The lowest BCUT2D eigenvalue weighted by Crippen LogP contribution is -2.54. The number of carbonyl (C=O) groups excluding carboxylic acids is 1. The molecule has 3 nitrogen and oxygen atoms in total. The summed E-state index contributed by atoms with van der Waals surface area (Å²) in [7, 11) is 0. The molecule has 3 heteroatoms. The van der Waals surface area contributed by atoms with Crippen molar-refractivity contribution in [3.05, 3.63) is 0 Å². The Hall–Kier alpha value is -0.570. The number of ether oxygens (including phenoxy) is 1. The Bertz CT molecular complexity index is 189. The van der Waals surface area contributed by atoms with Crippen LogP contribution in [0.3, 0.4) is 0 Å². The van der Waals surface area contributed by atoms with Crippen molar-refractivity contribution in [2.45, 2.75) is 27.2 Å². The van der Waals surface area contributed by atoms with Crippen LogP contribution < -0.4 is 5.73 Å². The number of amides is 1. The zero-order chi connectivity index (χ0) is 9.41. The highest BCUT2D eigenvalue weighted by Crippen LogP contribution is 2.39. The van der Waals surface area contributed by atoms with Crippen molar-refractivity contribution in [3.8, 4) is 0 Å². The van der Waals surface area contributed by atoms with Gasteiger partial charge in [0, 0.05) is 0 Å². The molecule has 0 aromatic carbocycles. The minimum Gasteiger partial charge on any atom is -0.379 e. The summed E-state index contributed by atoms with van der Waals surface area (Å²) in [6.07, 6.45) is 0.815. The van der Waals surface area contributed by atoms with Crippen LogP contribution >= 0.6 is 0 Å². The molecule has 1 aliphatic heterocycles. The van der Waals surface area contributed by atoms with Crippen molar-refractivity contribution in [3.63, 3.8) is 0 Å². The van der Waals surface area contributed by atoms with E-state index < -0.39 is 0 Å². The van der Waals surface area contributed by atoms with Crippen molar-refractivity contribution in [2.75, 3.05) is 13.2 Å². The first kappa shape index (κ1) is 9.52. The third-order valence-electron chi connectivity index (χ3n) is 2.15. The molecule has 2 N–H and O–H groups in total. The van der Waals surface area contributed by atoms with Gasteiger partial charge >= 0.3 is 0 Å². The topological polar surface area (TPSA) is 52.3 Å². The first-order chi connectivity index (χ1) is 5.36. The number of primary amides is 1. The molecule has 0 unspecified atom stereocenters. The summed E-state index contributed by atoms with van der Waals surface area (Å²) in [5, 5.41) is 0. The second kappa shape index (κ2) is 2.73. The van der Waals surface area contributed by atoms with E-state index in [-0.39, 0.29) is 16.7 Å². The third kappa shape index (κ3) is 1.78. The summed E-state index contributed by atoms with van der Waals surface area (Å²) < 4.78 is 5.04. The van der Waals surface area contributed by atoms with Crippen LogP contribution in [0.1, 0.15) is 27.2 Å². The van der Waals surface area contributed by atoms with Crippen LogP contribution in [0.15, 0.2) is 0 Å². The van der Waals surface area contributed by atoms with Crippen molar-refractivity contribution in [1.82, 2.24) is 0 Å². The number of carbonyl (C=O) groups is 1. The highest BCUT2D eigenvalue weighted by molar-refractivity contribution is 5.82. The van der Waals surface area contributed by atoms with Crippen LogP contribution in [0.25, 0.3) is 0 Å². The molecule has 0 aliphatic carbocycles. The van der Waals surface area contributed by atoms with Gasteiger partial charge in [-0.25, -0.2) is 0 Å². The summed E-state index contributed by atoms with van der Waals surface area (Å²) in [6, 6.07) is 0. The Morgan fingerprint density at radius 2 is 2.00 bits per heavy atom. The molecule has 1 amide bonds. The van der Waals surface area contributed by atoms with Crippen LogP contribution in [0, 0.1) is 10.8 Å². The van der Waals surface area contributed by atoms with E-state index in [9.17, 15) is 4.79 Å². The SMILES string of the molecule is CC(C)(C)CC1(C(N)=O)COC1. The maximum Gasteiger partial charge on any atom is 0.228 e. The van der Waals surface area contributed by atoms with Gasteiger partial charge in [-0.3, -0.25) is 4.79 Å². The first-order valence-corrected chi connectivity index (χ1v) is 4.23. The Morgan fingerprint density at radius 3 is 2.08 bits per heavy atom. The maximum absolute atomic E-state index is 11.1. The van der Waals surface area contributed by atoms with Crippen LogP contribution in [0.4, 0.5) is 0 Å². The largest absolute Gasteiger partial charge is 0.379 e.